The fraction of sp³-hybridized carbons (Fsp3) is 0.500. The summed E-state index contributed by atoms with van der Waals surface area (Å²) in [4.78, 5) is 10.7. The molecule has 2 atom stereocenters. The van der Waals surface area contributed by atoms with Crippen LogP contribution in [0, 0.1) is 12.8 Å². The Bertz CT molecular complexity index is 557. The summed E-state index contributed by atoms with van der Waals surface area (Å²) >= 11 is 0. The van der Waals surface area contributed by atoms with Crippen LogP contribution in [-0.4, -0.2) is 44.8 Å². The first-order chi connectivity index (χ1) is 9.76. The number of aliphatic hydroxyl groups excluding tert-OH is 1. The second-order valence-corrected chi connectivity index (χ2v) is 5.28. The second-order valence-electron chi connectivity index (χ2n) is 5.28. The van der Waals surface area contributed by atoms with Crippen LogP contribution in [0.25, 0.3) is 0 Å². The molecule has 20 heavy (non-hydrogen) atoms. The lowest BCUT2D eigenvalue weighted by Gasteiger charge is -2.14. The molecule has 3 heterocycles. The molecule has 0 saturated carbocycles. The summed E-state index contributed by atoms with van der Waals surface area (Å²) in [5.41, 5.74) is 1.17. The predicted octanol–water partition coefficient (Wildman–Crippen LogP) is 0.981. The Kier molecular flexibility index (Phi) is 3.75. The van der Waals surface area contributed by atoms with Crippen molar-refractivity contribution in [1.29, 1.82) is 0 Å². The van der Waals surface area contributed by atoms with Gasteiger partial charge in [0.25, 0.3) is 0 Å². The maximum absolute atomic E-state index is 9.56. The van der Waals surface area contributed by atoms with Crippen molar-refractivity contribution in [2.45, 2.75) is 19.4 Å². The number of pyridine rings is 1. The lowest BCUT2D eigenvalue weighted by atomic mass is 9.97. The van der Waals surface area contributed by atoms with Crippen LogP contribution in [0.15, 0.2) is 29.0 Å². The zero-order chi connectivity index (χ0) is 13.9. The molecule has 106 valence electrons. The summed E-state index contributed by atoms with van der Waals surface area (Å²) in [5.74, 6) is 1.53. The van der Waals surface area contributed by atoms with Gasteiger partial charge in [-0.3, -0.25) is 9.88 Å². The Balaban J connectivity index is 1.71. The number of rotatable bonds is 4. The second kappa shape index (κ2) is 5.68. The van der Waals surface area contributed by atoms with Crippen molar-refractivity contribution in [3.8, 4) is 0 Å². The van der Waals surface area contributed by atoms with E-state index in [2.05, 4.69) is 26.1 Å². The van der Waals surface area contributed by atoms with E-state index in [4.69, 9.17) is 4.52 Å². The fourth-order valence-corrected chi connectivity index (χ4v) is 2.77. The molecule has 0 aliphatic carbocycles. The Hall–Kier alpha value is -1.79. The maximum atomic E-state index is 9.56. The number of likely N-dealkylation sites (tertiary alicyclic amines) is 1. The summed E-state index contributed by atoms with van der Waals surface area (Å²) in [5, 5.41) is 13.4. The minimum atomic E-state index is 0.109. The highest BCUT2D eigenvalue weighted by Gasteiger charge is 2.36. The van der Waals surface area contributed by atoms with Crippen molar-refractivity contribution < 1.29 is 9.63 Å². The molecular weight excluding hydrogens is 256 g/mol. The lowest BCUT2D eigenvalue weighted by Crippen LogP contribution is -2.20. The third-order valence-corrected chi connectivity index (χ3v) is 3.74. The van der Waals surface area contributed by atoms with Crippen LogP contribution < -0.4 is 0 Å². The fourth-order valence-electron chi connectivity index (χ4n) is 2.77. The summed E-state index contributed by atoms with van der Waals surface area (Å²) in [6, 6.07) is 4.00. The lowest BCUT2D eigenvalue weighted by molar-refractivity contribution is 0.205. The van der Waals surface area contributed by atoms with E-state index >= 15 is 0 Å². The van der Waals surface area contributed by atoms with Gasteiger partial charge in [0.15, 0.2) is 5.82 Å². The van der Waals surface area contributed by atoms with E-state index in [0.29, 0.717) is 11.7 Å². The van der Waals surface area contributed by atoms with Crippen LogP contribution in [0.3, 0.4) is 0 Å². The average molecular weight is 274 g/mol. The Morgan fingerprint density at radius 3 is 3.00 bits per heavy atom. The Labute approximate surface area is 117 Å². The highest BCUT2D eigenvalue weighted by Crippen LogP contribution is 2.32. The molecule has 0 unspecified atom stereocenters. The Morgan fingerprint density at radius 1 is 1.45 bits per heavy atom. The van der Waals surface area contributed by atoms with E-state index in [1.165, 1.54) is 5.56 Å². The molecule has 6 nitrogen and oxygen atoms in total. The molecule has 0 amide bonds. The first-order valence-electron chi connectivity index (χ1n) is 6.78. The van der Waals surface area contributed by atoms with Crippen molar-refractivity contribution in [2.75, 3.05) is 19.7 Å². The van der Waals surface area contributed by atoms with Crippen LogP contribution in [0.4, 0.5) is 0 Å². The van der Waals surface area contributed by atoms with Crippen LogP contribution in [0.1, 0.15) is 23.2 Å². The SMILES string of the molecule is Cc1noc([C@@H]2CN(Cc3cccnc3)C[C@H]2CO)n1. The van der Waals surface area contributed by atoms with Gasteiger partial charge in [0.2, 0.25) is 5.89 Å². The first kappa shape index (κ1) is 13.2. The minimum Gasteiger partial charge on any atom is -0.396 e. The average Bonchev–Trinajstić information content (AvgIpc) is 3.06. The minimum absolute atomic E-state index is 0.109. The highest BCUT2D eigenvalue weighted by molar-refractivity contribution is 5.10. The summed E-state index contributed by atoms with van der Waals surface area (Å²) in [6.45, 7) is 4.42. The van der Waals surface area contributed by atoms with Crippen molar-refractivity contribution in [2.24, 2.45) is 5.92 Å². The molecule has 6 heteroatoms. The van der Waals surface area contributed by atoms with E-state index in [9.17, 15) is 5.11 Å². The molecule has 1 aliphatic heterocycles. The van der Waals surface area contributed by atoms with Gasteiger partial charge in [0, 0.05) is 44.6 Å². The maximum Gasteiger partial charge on any atom is 0.231 e. The zero-order valence-electron chi connectivity index (χ0n) is 11.4. The van der Waals surface area contributed by atoms with Gasteiger partial charge >= 0.3 is 0 Å². The van der Waals surface area contributed by atoms with Gasteiger partial charge in [-0.15, -0.1) is 0 Å². The van der Waals surface area contributed by atoms with Gasteiger partial charge in [-0.25, -0.2) is 0 Å². The van der Waals surface area contributed by atoms with Crippen LogP contribution >= 0.6 is 0 Å². The van der Waals surface area contributed by atoms with E-state index in [1.54, 1.807) is 6.20 Å². The number of aliphatic hydroxyl groups is 1. The zero-order valence-corrected chi connectivity index (χ0v) is 11.4. The van der Waals surface area contributed by atoms with Crippen LogP contribution in [-0.2, 0) is 6.54 Å². The molecule has 2 aromatic heterocycles. The molecule has 0 spiro atoms. The normalized spacial score (nSPS) is 23.3. The number of aromatic nitrogens is 3. The molecule has 1 saturated heterocycles. The number of aryl methyl sites for hydroxylation is 1. The van der Waals surface area contributed by atoms with Gasteiger partial charge in [0.05, 0.1) is 5.92 Å². The predicted molar refractivity (Wildman–Crippen MR) is 71.9 cm³/mol. The highest BCUT2D eigenvalue weighted by atomic mass is 16.5. The smallest absolute Gasteiger partial charge is 0.231 e. The van der Waals surface area contributed by atoms with Gasteiger partial charge in [-0.2, -0.15) is 4.98 Å². The summed E-state index contributed by atoms with van der Waals surface area (Å²) < 4.78 is 5.27. The van der Waals surface area contributed by atoms with Gasteiger partial charge < -0.3 is 9.63 Å². The van der Waals surface area contributed by atoms with E-state index in [1.807, 2.05) is 19.2 Å². The number of hydrogen-bond donors (Lipinski definition) is 1. The molecule has 1 aliphatic rings. The van der Waals surface area contributed by atoms with Crippen molar-refractivity contribution in [3.05, 3.63) is 41.8 Å². The third-order valence-electron chi connectivity index (χ3n) is 3.74. The molecule has 1 N–H and O–H groups in total. The number of nitrogens with zero attached hydrogens (tertiary/aromatic N) is 4. The third kappa shape index (κ3) is 2.71. The largest absolute Gasteiger partial charge is 0.396 e. The molecule has 0 radical (unpaired) electrons. The molecule has 0 bridgehead atoms. The molecule has 2 aromatic rings. The summed E-state index contributed by atoms with van der Waals surface area (Å²) in [6.07, 6.45) is 3.64. The van der Waals surface area contributed by atoms with Gasteiger partial charge in [-0.1, -0.05) is 11.2 Å². The Morgan fingerprint density at radius 2 is 2.35 bits per heavy atom. The quantitative estimate of drug-likeness (QED) is 0.895. The molecule has 0 aromatic carbocycles. The monoisotopic (exact) mass is 274 g/mol. The molecular formula is C14H18N4O2. The van der Waals surface area contributed by atoms with Gasteiger partial charge in [-0.05, 0) is 18.6 Å². The van der Waals surface area contributed by atoms with Crippen molar-refractivity contribution >= 4 is 0 Å². The standard InChI is InChI=1S/C14H18N4O2/c1-10-16-14(20-17-10)13-8-18(7-12(13)9-19)6-11-3-2-4-15-5-11/h2-5,12-13,19H,6-9H2,1H3/t12-,13+/m0/s1. The van der Waals surface area contributed by atoms with E-state index in [0.717, 1.165) is 19.6 Å². The van der Waals surface area contributed by atoms with Crippen LogP contribution in [0.5, 0.6) is 0 Å². The summed E-state index contributed by atoms with van der Waals surface area (Å²) in [7, 11) is 0. The van der Waals surface area contributed by atoms with Crippen molar-refractivity contribution in [3.63, 3.8) is 0 Å². The topological polar surface area (TPSA) is 75.3 Å². The molecule has 1 fully saturated rings. The first-order valence-corrected chi connectivity index (χ1v) is 6.78. The van der Waals surface area contributed by atoms with Gasteiger partial charge in [0.1, 0.15) is 0 Å². The number of hydrogen-bond acceptors (Lipinski definition) is 6. The van der Waals surface area contributed by atoms with E-state index in [-0.39, 0.29) is 18.4 Å². The molecule has 3 rings (SSSR count). The van der Waals surface area contributed by atoms with E-state index < -0.39 is 0 Å². The van der Waals surface area contributed by atoms with Crippen molar-refractivity contribution in [1.82, 2.24) is 20.0 Å². The van der Waals surface area contributed by atoms with Crippen LogP contribution in [0.2, 0.25) is 0 Å².